The Morgan fingerprint density at radius 3 is 2.62 bits per heavy atom. The molecule has 1 saturated heterocycles. The van der Waals surface area contributed by atoms with Gasteiger partial charge in [0, 0.05) is 36.8 Å². The number of hydrogen-bond acceptors (Lipinski definition) is 6. The van der Waals surface area contributed by atoms with Crippen LogP contribution < -0.4 is 5.73 Å². The quantitative estimate of drug-likeness (QED) is 0.330. The molecule has 1 aliphatic heterocycles. The van der Waals surface area contributed by atoms with Crippen LogP contribution in [-0.4, -0.2) is 44.1 Å². The summed E-state index contributed by atoms with van der Waals surface area (Å²) in [6, 6.07) is 15.7. The average molecular weight is 538 g/mol. The van der Waals surface area contributed by atoms with Crippen LogP contribution in [0.15, 0.2) is 79.3 Å². The second-order valence-electron chi connectivity index (χ2n) is 9.94. The molecule has 3 atom stereocenters. The Kier molecular flexibility index (Phi) is 6.85. The number of halogens is 3. The van der Waals surface area contributed by atoms with E-state index in [1.165, 1.54) is 12.3 Å². The Hall–Kier alpha value is -4.25. The van der Waals surface area contributed by atoms with Crippen molar-refractivity contribution in [1.82, 2.24) is 19.9 Å². The molecule has 8 nitrogen and oxygen atoms in total. The highest BCUT2D eigenvalue weighted by Crippen LogP contribution is 2.50. The fourth-order valence-electron chi connectivity index (χ4n) is 5.40. The lowest BCUT2D eigenvalue weighted by atomic mass is 9.67. The molecule has 0 bridgehead atoms. The zero-order valence-electron chi connectivity index (χ0n) is 21.2. The highest BCUT2D eigenvalue weighted by molar-refractivity contribution is 5.60. The van der Waals surface area contributed by atoms with E-state index in [1.807, 2.05) is 30.3 Å². The highest BCUT2D eigenvalue weighted by Gasteiger charge is 2.56. The first-order valence-electron chi connectivity index (χ1n) is 12.4. The molecule has 0 radical (unpaired) electrons. The van der Waals surface area contributed by atoms with Crippen molar-refractivity contribution in [2.24, 2.45) is 0 Å². The van der Waals surface area contributed by atoms with Gasteiger partial charge < -0.3 is 15.5 Å². The van der Waals surface area contributed by atoms with Gasteiger partial charge in [0.05, 0.1) is 24.8 Å². The van der Waals surface area contributed by atoms with E-state index in [4.69, 9.17) is 10.5 Å². The summed E-state index contributed by atoms with van der Waals surface area (Å²) in [7, 11) is 1.77. The van der Waals surface area contributed by atoms with E-state index < -0.39 is 29.3 Å². The zero-order chi connectivity index (χ0) is 27.7. The van der Waals surface area contributed by atoms with E-state index >= 15 is 0 Å². The smallest absolute Gasteiger partial charge is 0.415 e. The van der Waals surface area contributed by atoms with Gasteiger partial charge in [0.2, 0.25) is 5.95 Å². The predicted octanol–water partition coefficient (Wildman–Crippen LogP) is 5.41. The Balaban J connectivity index is 1.58. The van der Waals surface area contributed by atoms with Crippen LogP contribution in [0.25, 0.3) is 0 Å². The standard InChI is InChI=1S/C28H28F3N6O2/c1-37(26(38)39-18-19-6-3-2-4-7-19)15-11-27(23-10-12-35-25(32)36-23,17-22(37)24-33-13-14-34-24)20-8-5-9-21(16-20)28(29,30)31/h2-10,12-14,16,22H,11,15,17-18H2,1H3,(H,33,34)(H2,32,35,36)/q+1. The first-order valence-corrected chi connectivity index (χ1v) is 12.4. The summed E-state index contributed by atoms with van der Waals surface area (Å²) in [6.07, 6.45) is 0.263. The van der Waals surface area contributed by atoms with E-state index in [1.54, 1.807) is 31.6 Å². The Labute approximate surface area is 223 Å². The number of nitrogens with two attached hydrogens (primary N) is 1. The lowest BCUT2D eigenvalue weighted by Crippen LogP contribution is -2.59. The summed E-state index contributed by atoms with van der Waals surface area (Å²) in [5.74, 6) is 0.533. The molecule has 2 aromatic heterocycles. The first-order chi connectivity index (χ1) is 18.6. The molecule has 3 N–H and O–H groups in total. The van der Waals surface area contributed by atoms with Gasteiger partial charge in [-0.05, 0) is 23.3 Å². The van der Waals surface area contributed by atoms with Gasteiger partial charge in [-0.3, -0.25) is 0 Å². The van der Waals surface area contributed by atoms with Gasteiger partial charge in [0.25, 0.3) is 0 Å². The van der Waals surface area contributed by atoms with Crippen molar-refractivity contribution in [2.45, 2.75) is 37.1 Å². The third kappa shape index (κ3) is 5.09. The number of carbonyl (C=O) groups is 1. The number of hydrogen-bond donors (Lipinski definition) is 2. The number of imidazole rings is 1. The average Bonchev–Trinajstić information content (AvgIpc) is 3.47. The van der Waals surface area contributed by atoms with Crippen molar-refractivity contribution in [3.8, 4) is 0 Å². The summed E-state index contributed by atoms with van der Waals surface area (Å²) >= 11 is 0. The predicted molar refractivity (Wildman–Crippen MR) is 137 cm³/mol. The van der Waals surface area contributed by atoms with E-state index in [9.17, 15) is 18.0 Å². The van der Waals surface area contributed by atoms with Crippen molar-refractivity contribution < 1.29 is 27.2 Å². The number of rotatable bonds is 5. The van der Waals surface area contributed by atoms with Crippen molar-refractivity contribution in [3.05, 3.63) is 107 Å². The number of alkyl halides is 3. The molecule has 1 aliphatic rings. The second-order valence-corrected chi connectivity index (χ2v) is 9.94. The molecular formula is C28H28F3N6O2+. The number of nitrogen functional groups attached to an aromatic ring is 1. The van der Waals surface area contributed by atoms with Crippen molar-refractivity contribution >= 4 is 12.0 Å². The molecule has 4 aromatic rings. The van der Waals surface area contributed by atoms with Gasteiger partial charge in [-0.25, -0.2) is 19.4 Å². The molecule has 39 heavy (non-hydrogen) atoms. The number of benzene rings is 2. The van der Waals surface area contributed by atoms with Crippen LogP contribution in [0.2, 0.25) is 0 Å². The fraction of sp³-hybridized carbons (Fsp3) is 0.286. The molecule has 1 fully saturated rings. The van der Waals surface area contributed by atoms with Crippen molar-refractivity contribution in [2.75, 3.05) is 19.3 Å². The summed E-state index contributed by atoms with van der Waals surface area (Å²) in [6.45, 7) is 0.346. The number of amides is 1. The number of aromatic amines is 1. The summed E-state index contributed by atoms with van der Waals surface area (Å²) in [4.78, 5) is 29.6. The van der Waals surface area contributed by atoms with E-state index in [0.29, 0.717) is 23.5 Å². The van der Waals surface area contributed by atoms with Gasteiger partial charge >= 0.3 is 12.3 Å². The molecule has 3 unspecified atom stereocenters. The lowest BCUT2D eigenvalue weighted by Gasteiger charge is -2.48. The molecule has 1 amide bonds. The van der Waals surface area contributed by atoms with Crippen LogP contribution in [0.3, 0.4) is 0 Å². The monoisotopic (exact) mass is 537 g/mol. The molecule has 0 saturated carbocycles. The first kappa shape index (κ1) is 26.4. The third-order valence-electron chi connectivity index (χ3n) is 7.60. The number of quaternary nitrogens is 1. The highest BCUT2D eigenvalue weighted by atomic mass is 19.4. The summed E-state index contributed by atoms with van der Waals surface area (Å²) in [5, 5.41) is 0. The van der Waals surface area contributed by atoms with Crippen molar-refractivity contribution in [1.29, 1.82) is 0 Å². The summed E-state index contributed by atoms with van der Waals surface area (Å²) in [5.41, 5.74) is 5.91. The maximum atomic E-state index is 13.8. The Bertz CT molecular complexity index is 1450. The minimum absolute atomic E-state index is 0.0125. The van der Waals surface area contributed by atoms with Crippen LogP contribution in [0, 0.1) is 0 Å². The van der Waals surface area contributed by atoms with Gasteiger partial charge in [0.1, 0.15) is 6.61 Å². The van der Waals surface area contributed by atoms with E-state index in [-0.39, 0.29) is 30.0 Å². The molecule has 3 heterocycles. The molecule has 202 valence electrons. The van der Waals surface area contributed by atoms with Crippen LogP contribution in [0.5, 0.6) is 0 Å². The largest absolute Gasteiger partial charge is 0.516 e. The van der Waals surface area contributed by atoms with Crippen molar-refractivity contribution in [3.63, 3.8) is 0 Å². The zero-order valence-corrected chi connectivity index (χ0v) is 21.2. The maximum Gasteiger partial charge on any atom is 0.516 e. The summed E-state index contributed by atoms with van der Waals surface area (Å²) < 4.78 is 46.9. The van der Waals surface area contributed by atoms with Crippen LogP contribution in [0.4, 0.5) is 23.9 Å². The van der Waals surface area contributed by atoms with Gasteiger partial charge in [-0.15, -0.1) is 0 Å². The van der Waals surface area contributed by atoms with Crippen LogP contribution in [0.1, 0.15) is 47.1 Å². The number of anilines is 1. The molecule has 2 aromatic carbocycles. The Morgan fingerprint density at radius 2 is 1.92 bits per heavy atom. The Morgan fingerprint density at radius 1 is 1.13 bits per heavy atom. The second kappa shape index (κ2) is 10.1. The van der Waals surface area contributed by atoms with Gasteiger partial charge in [-0.1, -0.05) is 48.5 Å². The molecular weight excluding hydrogens is 509 g/mol. The van der Waals surface area contributed by atoms with Gasteiger partial charge in [0.15, 0.2) is 11.9 Å². The minimum Gasteiger partial charge on any atom is -0.415 e. The number of carbonyl (C=O) groups excluding carboxylic acids is 1. The number of H-pyrrole nitrogens is 1. The maximum absolute atomic E-state index is 13.8. The molecule has 0 aliphatic carbocycles. The number of aromatic nitrogens is 4. The van der Waals surface area contributed by atoms with Crippen LogP contribution >= 0.6 is 0 Å². The SMILES string of the molecule is C[N+]1(C(=O)OCc2ccccc2)CCC(c2cccc(C(F)(F)F)c2)(c2ccnc(N)n2)CC1c1ncc[nH]1. The molecule has 11 heteroatoms. The lowest BCUT2D eigenvalue weighted by molar-refractivity contribution is -0.878. The van der Waals surface area contributed by atoms with Gasteiger partial charge in [-0.2, -0.15) is 18.0 Å². The van der Waals surface area contributed by atoms with E-state index in [0.717, 1.165) is 17.7 Å². The van der Waals surface area contributed by atoms with Crippen LogP contribution in [-0.2, 0) is 22.9 Å². The number of piperidine rings is 1. The van der Waals surface area contributed by atoms with E-state index in [2.05, 4.69) is 19.9 Å². The number of ether oxygens (including phenoxy) is 1. The minimum atomic E-state index is -4.52. The number of likely N-dealkylation sites (tertiary alicyclic amines) is 1. The third-order valence-corrected chi connectivity index (χ3v) is 7.60. The number of nitrogens with one attached hydrogen (secondary N) is 1. The molecule has 0 spiro atoms. The topological polar surface area (TPSA) is 107 Å². The number of nitrogens with zero attached hydrogens (tertiary/aromatic N) is 4. The fourth-order valence-corrected chi connectivity index (χ4v) is 5.40. The normalized spacial score (nSPS) is 23.3. The molecule has 5 rings (SSSR count).